The lowest BCUT2D eigenvalue weighted by atomic mass is 9.70. The van der Waals surface area contributed by atoms with E-state index in [0.29, 0.717) is 0 Å². The first-order chi connectivity index (χ1) is 8.75. The van der Waals surface area contributed by atoms with Crippen LogP contribution >= 0.6 is 11.3 Å². The van der Waals surface area contributed by atoms with E-state index in [1.807, 2.05) is 12.1 Å². The third-order valence-electron chi connectivity index (χ3n) is 3.99. The lowest BCUT2D eigenvalue weighted by Crippen LogP contribution is -2.37. The molecule has 1 aliphatic carbocycles. The molecule has 1 aromatic carbocycles. The van der Waals surface area contributed by atoms with Gasteiger partial charge in [-0.05, 0) is 25.3 Å². The van der Waals surface area contributed by atoms with E-state index in [1.165, 1.54) is 17.5 Å². The fourth-order valence-corrected chi connectivity index (χ4v) is 3.62. The molecule has 3 rings (SSSR count). The van der Waals surface area contributed by atoms with Crippen molar-refractivity contribution in [1.29, 1.82) is 0 Å². The van der Waals surface area contributed by atoms with Gasteiger partial charge in [0.1, 0.15) is 5.01 Å². The third kappa shape index (κ3) is 1.78. The second kappa shape index (κ2) is 4.48. The number of aliphatic hydroxyl groups excluding tert-OH is 1. The number of benzene rings is 1. The SMILES string of the molecule is Cc1ccccc1-c1csc(C2(CO)CCC2)n1. The molecule has 0 radical (unpaired) electrons. The minimum atomic E-state index is -0.0361. The first-order valence-electron chi connectivity index (χ1n) is 6.38. The molecule has 0 atom stereocenters. The van der Waals surface area contributed by atoms with Crippen LogP contribution < -0.4 is 0 Å². The number of thiazole rings is 1. The maximum atomic E-state index is 9.59. The van der Waals surface area contributed by atoms with Gasteiger partial charge >= 0.3 is 0 Å². The highest BCUT2D eigenvalue weighted by molar-refractivity contribution is 7.10. The summed E-state index contributed by atoms with van der Waals surface area (Å²) in [4.78, 5) is 4.76. The Hall–Kier alpha value is -1.19. The summed E-state index contributed by atoms with van der Waals surface area (Å²) >= 11 is 1.69. The molecule has 0 bridgehead atoms. The molecule has 0 saturated heterocycles. The van der Waals surface area contributed by atoms with Crippen molar-refractivity contribution in [1.82, 2.24) is 4.98 Å². The minimum Gasteiger partial charge on any atom is -0.395 e. The molecule has 1 aromatic heterocycles. The van der Waals surface area contributed by atoms with Crippen LogP contribution in [0.1, 0.15) is 29.8 Å². The van der Waals surface area contributed by atoms with Crippen molar-refractivity contribution in [2.45, 2.75) is 31.6 Å². The molecule has 1 fully saturated rings. The van der Waals surface area contributed by atoms with Crippen LogP contribution in [0.2, 0.25) is 0 Å². The quantitative estimate of drug-likeness (QED) is 0.914. The van der Waals surface area contributed by atoms with Gasteiger partial charge in [-0.15, -0.1) is 11.3 Å². The second-order valence-corrected chi connectivity index (χ2v) is 6.00. The molecule has 1 aliphatic rings. The van der Waals surface area contributed by atoms with E-state index >= 15 is 0 Å². The van der Waals surface area contributed by atoms with Crippen LogP contribution in [0.3, 0.4) is 0 Å². The van der Waals surface area contributed by atoms with E-state index in [4.69, 9.17) is 4.98 Å². The van der Waals surface area contributed by atoms with Crippen molar-refractivity contribution in [3.05, 3.63) is 40.2 Å². The molecule has 2 aromatic rings. The highest BCUT2D eigenvalue weighted by Gasteiger charge is 2.40. The molecule has 3 heteroatoms. The van der Waals surface area contributed by atoms with Gasteiger partial charge in [0.2, 0.25) is 0 Å². The monoisotopic (exact) mass is 259 g/mol. The summed E-state index contributed by atoms with van der Waals surface area (Å²) < 4.78 is 0. The molecule has 2 nitrogen and oxygen atoms in total. The number of hydrogen-bond donors (Lipinski definition) is 1. The summed E-state index contributed by atoms with van der Waals surface area (Å²) in [6, 6.07) is 8.32. The predicted octanol–water partition coefficient (Wildman–Crippen LogP) is 3.53. The molecule has 1 N–H and O–H groups in total. The molecule has 0 unspecified atom stereocenters. The van der Waals surface area contributed by atoms with Gasteiger partial charge in [-0.3, -0.25) is 0 Å². The zero-order chi connectivity index (χ0) is 12.6. The summed E-state index contributed by atoms with van der Waals surface area (Å²) in [7, 11) is 0. The molecular formula is C15H17NOS. The summed E-state index contributed by atoms with van der Waals surface area (Å²) in [5.41, 5.74) is 3.47. The Morgan fingerprint density at radius 3 is 2.72 bits per heavy atom. The topological polar surface area (TPSA) is 33.1 Å². The van der Waals surface area contributed by atoms with Crippen LogP contribution in [0, 0.1) is 6.92 Å². The fourth-order valence-electron chi connectivity index (χ4n) is 2.54. The predicted molar refractivity (Wildman–Crippen MR) is 74.9 cm³/mol. The molecule has 1 saturated carbocycles. The van der Waals surface area contributed by atoms with Gasteiger partial charge in [-0.1, -0.05) is 30.7 Å². The first-order valence-corrected chi connectivity index (χ1v) is 7.26. The number of aryl methyl sites for hydroxylation is 1. The number of rotatable bonds is 3. The zero-order valence-electron chi connectivity index (χ0n) is 10.5. The largest absolute Gasteiger partial charge is 0.395 e. The third-order valence-corrected chi connectivity index (χ3v) is 5.08. The Kier molecular flexibility index (Phi) is 2.96. The molecular weight excluding hydrogens is 242 g/mol. The summed E-state index contributed by atoms with van der Waals surface area (Å²) in [5.74, 6) is 0. The molecule has 18 heavy (non-hydrogen) atoms. The number of nitrogens with zero attached hydrogens (tertiary/aromatic N) is 1. The maximum Gasteiger partial charge on any atom is 0.102 e. The summed E-state index contributed by atoms with van der Waals surface area (Å²) in [6.45, 7) is 2.34. The Balaban J connectivity index is 1.97. The Morgan fingerprint density at radius 2 is 2.11 bits per heavy atom. The zero-order valence-corrected chi connectivity index (χ0v) is 11.3. The Morgan fingerprint density at radius 1 is 1.33 bits per heavy atom. The van der Waals surface area contributed by atoms with Crippen molar-refractivity contribution >= 4 is 11.3 Å². The Labute approximate surface area is 111 Å². The number of aromatic nitrogens is 1. The van der Waals surface area contributed by atoms with Crippen LogP contribution in [-0.2, 0) is 5.41 Å². The molecule has 0 spiro atoms. The van der Waals surface area contributed by atoms with Gasteiger partial charge < -0.3 is 5.11 Å². The van der Waals surface area contributed by atoms with Crippen LogP contribution in [0.15, 0.2) is 29.6 Å². The van der Waals surface area contributed by atoms with E-state index in [-0.39, 0.29) is 12.0 Å². The van der Waals surface area contributed by atoms with E-state index in [9.17, 15) is 5.11 Å². The van der Waals surface area contributed by atoms with Gasteiger partial charge in [0.15, 0.2) is 0 Å². The highest BCUT2D eigenvalue weighted by atomic mass is 32.1. The molecule has 0 aliphatic heterocycles. The van der Waals surface area contributed by atoms with Crippen LogP contribution in [0.5, 0.6) is 0 Å². The fraction of sp³-hybridized carbons (Fsp3) is 0.400. The number of aliphatic hydroxyl groups is 1. The molecule has 1 heterocycles. The average Bonchev–Trinajstić information content (AvgIpc) is 2.79. The first kappa shape index (κ1) is 11.9. The van der Waals surface area contributed by atoms with Crippen molar-refractivity contribution < 1.29 is 5.11 Å². The van der Waals surface area contributed by atoms with Gasteiger partial charge in [0.25, 0.3) is 0 Å². The second-order valence-electron chi connectivity index (χ2n) is 5.14. The minimum absolute atomic E-state index is 0.0361. The highest BCUT2D eigenvalue weighted by Crippen LogP contribution is 2.45. The van der Waals surface area contributed by atoms with Crippen LogP contribution in [0.4, 0.5) is 0 Å². The van der Waals surface area contributed by atoms with Crippen LogP contribution in [0.25, 0.3) is 11.3 Å². The maximum absolute atomic E-state index is 9.59. The van der Waals surface area contributed by atoms with E-state index < -0.39 is 0 Å². The van der Waals surface area contributed by atoms with Gasteiger partial charge in [0.05, 0.1) is 12.3 Å². The lowest BCUT2D eigenvalue weighted by Gasteiger charge is -2.38. The van der Waals surface area contributed by atoms with E-state index in [1.54, 1.807) is 11.3 Å². The van der Waals surface area contributed by atoms with Crippen LogP contribution in [-0.4, -0.2) is 16.7 Å². The molecule has 94 valence electrons. The van der Waals surface area contributed by atoms with Crippen molar-refractivity contribution in [2.24, 2.45) is 0 Å². The standard InChI is InChI=1S/C15H17NOS/c1-11-5-2-3-6-12(11)13-9-18-14(16-13)15(10-17)7-4-8-15/h2-3,5-6,9,17H,4,7-8,10H2,1H3. The molecule has 0 amide bonds. The van der Waals surface area contributed by atoms with E-state index in [2.05, 4.69) is 24.4 Å². The van der Waals surface area contributed by atoms with Gasteiger partial charge in [-0.2, -0.15) is 0 Å². The smallest absolute Gasteiger partial charge is 0.102 e. The van der Waals surface area contributed by atoms with Crippen molar-refractivity contribution in [2.75, 3.05) is 6.61 Å². The number of hydrogen-bond acceptors (Lipinski definition) is 3. The van der Waals surface area contributed by atoms with Crippen molar-refractivity contribution in [3.8, 4) is 11.3 Å². The van der Waals surface area contributed by atoms with Gasteiger partial charge in [0, 0.05) is 16.4 Å². The average molecular weight is 259 g/mol. The summed E-state index contributed by atoms with van der Waals surface area (Å²) in [6.07, 6.45) is 3.36. The summed E-state index contributed by atoms with van der Waals surface area (Å²) in [5, 5.41) is 12.8. The Bertz CT molecular complexity index is 552. The lowest BCUT2D eigenvalue weighted by molar-refractivity contribution is 0.120. The van der Waals surface area contributed by atoms with E-state index in [0.717, 1.165) is 23.5 Å². The normalized spacial score (nSPS) is 17.4. The van der Waals surface area contributed by atoms with Crippen molar-refractivity contribution in [3.63, 3.8) is 0 Å². The van der Waals surface area contributed by atoms with Gasteiger partial charge in [-0.25, -0.2) is 4.98 Å².